The van der Waals surface area contributed by atoms with Gasteiger partial charge in [-0.05, 0) is 0 Å². The van der Waals surface area contributed by atoms with Crippen molar-refractivity contribution in [2.75, 3.05) is 45.8 Å². The average Bonchev–Trinajstić information content (AvgIpc) is 2.01. The van der Waals surface area contributed by atoms with Gasteiger partial charge in [0.1, 0.15) is 0 Å². The van der Waals surface area contributed by atoms with Crippen LogP contribution >= 0.6 is 11.6 Å². The second-order valence-corrected chi connectivity index (χ2v) is 2.62. The standard InChI is InChI=1S/C7H16ClNO2/c1-11-7-5-9(3-2-8)4-6-10/h10H,2-7H2,1H3. The lowest BCUT2D eigenvalue weighted by molar-refractivity contribution is 0.135. The largest absolute Gasteiger partial charge is 0.395 e. The summed E-state index contributed by atoms with van der Waals surface area (Å²) in [5, 5.41) is 8.64. The van der Waals surface area contributed by atoms with Crippen molar-refractivity contribution in [2.24, 2.45) is 0 Å². The van der Waals surface area contributed by atoms with E-state index in [-0.39, 0.29) is 6.61 Å². The maximum absolute atomic E-state index is 8.64. The summed E-state index contributed by atoms with van der Waals surface area (Å²) in [6, 6.07) is 0. The summed E-state index contributed by atoms with van der Waals surface area (Å²) in [6.45, 7) is 3.20. The van der Waals surface area contributed by atoms with E-state index in [0.29, 0.717) is 19.0 Å². The van der Waals surface area contributed by atoms with E-state index < -0.39 is 0 Å². The Morgan fingerprint density at radius 2 is 2.09 bits per heavy atom. The molecule has 0 fully saturated rings. The quantitative estimate of drug-likeness (QED) is 0.569. The summed E-state index contributed by atoms with van der Waals surface area (Å²) < 4.78 is 4.90. The normalized spacial score (nSPS) is 10.9. The highest BCUT2D eigenvalue weighted by molar-refractivity contribution is 6.18. The van der Waals surface area contributed by atoms with E-state index in [0.717, 1.165) is 13.1 Å². The first-order valence-corrected chi connectivity index (χ1v) is 4.26. The molecule has 3 nitrogen and oxygen atoms in total. The second kappa shape index (κ2) is 8.27. The van der Waals surface area contributed by atoms with Crippen LogP contribution in [0.15, 0.2) is 0 Å². The van der Waals surface area contributed by atoms with Crippen LogP contribution in [-0.4, -0.2) is 55.8 Å². The lowest BCUT2D eigenvalue weighted by Gasteiger charge is -2.18. The third-order valence-electron chi connectivity index (χ3n) is 1.43. The zero-order chi connectivity index (χ0) is 8.53. The number of aliphatic hydroxyl groups excluding tert-OH is 1. The van der Waals surface area contributed by atoms with Crippen LogP contribution in [0.1, 0.15) is 0 Å². The monoisotopic (exact) mass is 181 g/mol. The number of aliphatic hydroxyl groups is 1. The van der Waals surface area contributed by atoms with Crippen LogP contribution in [0.2, 0.25) is 0 Å². The molecule has 68 valence electrons. The summed E-state index contributed by atoms with van der Waals surface area (Å²) in [6.07, 6.45) is 0. The summed E-state index contributed by atoms with van der Waals surface area (Å²) in [5.74, 6) is 0.601. The topological polar surface area (TPSA) is 32.7 Å². The summed E-state index contributed by atoms with van der Waals surface area (Å²) in [4.78, 5) is 2.07. The van der Waals surface area contributed by atoms with E-state index in [4.69, 9.17) is 21.4 Å². The van der Waals surface area contributed by atoms with Gasteiger partial charge >= 0.3 is 0 Å². The average molecular weight is 182 g/mol. The number of nitrogens with zero attached hydrogens (tertiary/aromatic N) is 1. The molecular formula is C7H16ClNO2. The van der Waals surface area contributed by atoms with E-state index in [1.807, 2.05) is 0 Å². The molecule has 0 saturated carbocycles. The van der Waals surface area contributed by atoms with Crippen molar-refractivity contribution >= 4 is 11.6 Å². The Hall–Kier alpha value is 0.170. The Balaban J connectivity index is 3.34. The van der Waals surface area contributed by atoms with Gasteiger partial charge in [-0.3, -0.25) is 4.90 Å². The maximum atomic E-state index is 8.64. The van der Waals surface area contributed by atoms with Gasteiger partial charge in [-0.1, -0.05) is 0 Å². The molecule has 0 bridgehead atoms. The molecule has 0 saturated heterocycles. The van der Waals surface area contributed by atoms with Gasteiger partial charge < -0.3 is 9.84 Å². The minimum Gasteiger partial charge on any atom is -0.395 e. The summed E-state index contributed by atoms with van der Waals surface area (Å²) in [7, 11) is 1.66. The number of hydrogen-bond donors (Lipinski definition) is 1. The van der Waals surface area contributed by atoms with Crippen LogP contribution in [0.25, 0.3) is 0 Å². The molecule has 0 spiro atoms. The molecule has 0 amide bonds. The predicted octanol–water partition coefficient (Wildman–Crippen LogP) is 0.166. The number of ether oxygens (including phenoxy) is 1. The lowest BCUT2D eigenvalue weighted by Crippen LogP contribution is -2.31. The molecule has 0 heterocycles. The third-order valence-corrected chi connectivity index (χ3v) is 1.60. The molecular weight excluding hydrogens is 166 g/mol. The molecule has 0 aliphatic carbocycles. The van der Waals surface area contributed by atoms with Crippen LogP contribution < -0.4 is 0 Å². The van der Waals surface area contributed by atoms with Gasteiger partial charge in [-0.25, -0.2) is 0 Å². The molecule has 0 aromatic carbocycles. The number of methoxy groups -OCH3 is 1. The summed E-state index contributed by atoms with van der Waals surface area (Å²) >= 11 is 5.55. The van der Waals surface area contributed by atoms with Gasteiger partial charge in [0.05, 0.1) is 13.2 Å². The molecule has 0 rings (SSSR count). The Bertz CT molecular complexity index is 76.8. The summed E-state index contributed by atoms with van der Waals surface area (Å²) in [5.41, 5.74) is 0. The molecule has 0 radical (unpaired) electrons. The van der Waals surface area contributed by atoms with Crippen LogP contribution in [0.5, 0.6) is 0 Å². The molecule has 0 unspecified atom stereocenters. The highest BCUT2D eigenvalue weighted by Gasteiger charge is 2.01. The van der Waals surface area contributed by atoms with Gasteiger partial charge in [0.15, 0.2) is 0 Å². The van der Waals surface area contributed by atoms with Gasteiger partial charge in [0.2, 0.25) is 0 Å². The molecule has 0 aromatic heterocycles. The van der Waals surface area contributed by atoms with Crippen molar-refractivity contribution in [1.82, 2.24) is 4.90 Å². The van der Waals surface area contributed by atoms with E-state index in [1.54, 1.807) is 7.11 Å². The Labute approximate surface area is 72.9 Å². The molecule has 0 aliphatic heterocycles. The molecule has 11 heavy (non-hydrogen) atoms. The lowest BCUT2D eigenvalue weighted by atomic mass is 10.5. The van der Waals surface area contributed by atoms with Gasteiger partial charge in [0.25, 0.3) is 0 Å². The van der Waals surface area contributed by atoms with Gasteiger partial charge in [-0.15, -0.1) is 11.6 Å². The van der Waals surface area contributed by atoms with Crippen LogP contribution in [0, 0.1) is 0 Å². The number of alkyl halides is 1. The number of rotatable bonds is 7. The van der Waals surface area contributed by atoms with Crippen molar-refractivity contribution in [3.8, 4) is 0 Å². The second-order valence-electron chi connectivity index (χ2n) is 2.25. The van der Waals surface area contributed by atoms with E-state index in [2.05, 4.69) is 4.90 Å². The Morgan fingerprint density at radius 3 is 2.55 bits per heavy atom. The Morgan fingerprint density at radius 1 is 1.36 bits per heavy atom. The van der Waals surface area contributed by atoms with Crippen molar-refractivity contribution in [2.45, 2.75) is 0 Å². The van der Waals surface area contributed by atoms with Crippen molar-refractivity contribution in [3.63, 3.8) is 0 Å². The molecule has 0 aliphatic rings. The molecule has 4 heteroatoms. The zero-order valence-corrected chi connectivity index (χ0v) is 7.68. The predicted molar refractivity (Wildman–Crippen MR) is 46.1 cm³/mol. The zero-order valence-electron chi connectivity index (χ0n) is 6.92. The highest BCUT2D eigenvalue weighted by Crippen LogP contribution is 1.88. The van der Waals surface area contributed by atoms with Gasteiger partial charge in [0, 0.05) is 32.6 Å². The fourth-order valence-electron chi connectivity index (χ4n) is 0.817. The number of halogens is 1. The van der Waals surface area contributed by atoms with Crippen molar-refractivity contribution in [1.29, 1.82) is 0 Å². The maximum Gasteiger partial charge on any atom is 0.0589 e. The fraction of sp³-hybridized carbons (Fsp3) is 1.00. The van der Waals surface area contributed by atoms with Crippen LogP contribution in [-0.2, 0) is 4.74 Å². The fourth-order valence-corrected chi connectivity index (χ4v) is 1.06. The van der Waals surface area contributed by atoms with E-state index in [1.165, 1.54) is 0 Å². The Kier molecular flexibility index (Phi) is 8.40. The molecule has 0 aromatic rings. The van der Waals surface area contributed by atoms with E-state index >= 15 is 0 Å². The SMILES string of the molecule is COCCN(CCO)CCCl. The van der Waals surface area contributed by atoms with Gasteiger partial charge in [-0.2, -0.15) is 0 Å². The van der Waals surface area contributed by atoms with E-state index in [9.17, 15) is 0 Å². The first-order valence-electron chi connectivity index (χ1n) is 3.73. The first-order chi connectivity index (χ1) is 5.35. The van der Waals surface area contributed by atoms with Crippen LogP contribution in [0.4, 0.5) is 0 Å². The molecule has 1 N–H and O–H groups in total. The van der Waals surface area contributed by atoms with Crippen molar-refractivity contribution < 1.29 is 9.84 Å². The minimum absolute atomic E-state index is 0.181. The molecule has 0 atom stereocenters. The number of hydrogen-bond acceptors (Lipinski definition) is 3. The first kappa shape index (κ1) is 11.2. The third kappa shape index (κ3) is 6.56. The van der Waals surface area contributed by atoms with Crippen molar-refractivity contribution in [3.05, 3.63) is 0 Å². The highest BCUT2D eigenvalue weighted by atomic mass is 35.5. The smallest absolute Gasteiger partial charge is 0.0589 e. The minimum atomic E-state index is 0.181. The van der Waals surface area contributed by atoms with Crippen LogP contribution in [0.3, 0.4) is 0 Å².